The highest BCUT2D eigenvalue weighted by Gasteiger charge is 2.24. The number of anilines is 1. The number of fused-ring (bicyclic) bond motifs is 2. The minimum Gasteiger partial charge on any atom is -0.486 e. The van der Waals surface area contributed by atoms with Crippen LogP contribution in [0.3, 0.4) is 0 Å². The zero-order valence-corrected chi connectivity index (χ0v) is 19.4. The molecule has 1 aliphatic heterocycles. The largest absolute Gasteiger partial charge is 0.486 e. The van der Waals surface area contributed by atoms with Gasteiger partial charge in [0.15, 0.2) is 16.6 Å². The van der Waals surface area contributed by atoms with E-state index in [0.717, 1.165) is 52.3 Å². The third-order valence-corrected chi connectivity index (χ3v) is 6.72. The lowest BCUT2D eigenvalue weighted by atomic mass is 10.0. The van der Waals surface area contributed by atoms with Gasteiger partial charge in [0, 0.05) is 30.8 Å². The van der Waals surface area contributed by atoms with Crippen LogP contribution >= 0.6 is 11.3 Å². The molecule has 0 spiro atoms. The molecule has 2 heterocycles. The summed E-state index contributed by atoms with van der Waals surface area (Å²) < 4.78 is 12.4. The Labute approximate surface area is 187 Å². The molecule has 6 nitrogen and oxygen atoms in total. The smallest absolute Gasteiger partial charge is 0.260 e. The number of nitrogens with zero attached hydrogens (tertiary/aromatic N) is 3. The summed E-state index contributed by atoms with van der Waals surface area (Å²) in [7, 11) is 0. The minimum atomic E-state index is -0.00956. The number of hydrogen-bond acceptors (Lipinski definition) is 6. The van der Waals surface area contributed by atoms with Crippen LogP contribution in [0.1, 0.15) is 35.3 Å². The summed E-state index contributed by atoms with van der Waals surface area (Å²) in [5.41, 5.74) is 3.60. The van der Waals surface area contributed by atoms with Crippen molar-refractivity contribution in [3.63, 3.8) is 0 Å². The number of ether oxygens (including phenoxy) is 2. The molecule has 1 aromatic heterocycles. The summed E-state index contributed by atoms with van der Waals surface area (Å²) in [4.78, 5) is 22.6. The molecule has 4 rings (SSSR count). The third kappa shape index (κ3) is 4.52. The van der Waals surface area contributed by atoms with E-state index in [9.17, 15) is 4.79 Å². The number of carbonyl (C=O) groups excluding carboxylic acids is 1. The van der Waals surface area contributed by atoms with Crippen LogP contribution in [0.5, 0.6) is 11.5 Å². The second-order valence-corrected chi connectivity index (χ2v) is 8.77. The van der Waals surface area contributed by atoms with Crippen molar-refractivity contribution in [2.75, 3.05) is 44.3 Å². The first-order chi connectivity index (χ1) is 15.0. The number of likely N-dealkylation sites (N-methyl/N-ethyl adjacent to an activating group) is 1. The Balaban J connectivity index is 1.72. The number of rotatable bonds is 7. The van der Waals surface area contributed by atoms with E-state index in [1.807, 2.05) is 49.1 Å². The zero-order chi connectivity index (χ0) is 22.0. The Morgan fingerprint density at radius 2 is 1.74 bits per heavy atom. The first-order valence-corrected chi connectivity index (χ1v) is 11.6. The van der Waals surface area contributed by atoms with Crippen molar-refractivity contribution in [1.82, 2.24) is 9.88 Å². The normalized spacial score (nSPS) is 13.1. The molecular formula is C24H29N3O3S. The monoisotopic (exact) mass is 439 g/mol. The van der Waals surface area contributed by atoms with Crippen LogP contribution in [0.15, 0.2) is 30.3 Å². The standard InChI is InChI=1S/C24H29N3O3S/c1-5-26(6-2)9-10-27(23(28)18-13-16(3)7-8-17(18)4)24-25-19-14-20-21(15-22(19)31-24)30-12-11-29-20/h7-8,13-15H,5-6,9-12H2,1-4H3. The van der Waals surface area contributed by atoms with Gasteiger partial charge < -0.3 is 14.4 Å². The summed E-state index contributed by atoms with van der Waals surface area (Å²) >= 11 is 1.52. The molecule has 164 valence electrons. The highest BCUT2D eigenvalue weighted by molar-refractivity contribution is 7.22. The molecule has 0 saturated heterocycles. The molecule has 0 N–H and O–H groups in total. The Kier molecular flexibility index (Phi) is 6.43. The fraction of sp³-hybridized carbons (Fsp3) is 0.417. The summed E-state index contributed by atoms with van der Waals surface area (Å²) in [6.07, 6.45) is 0. The maximum Gasteiger partial charge on any atom is 0.260 e. The van der Waals surface area contributed by atoms with Crippen molar-refractivity contribution < 1.29 is 14.3 Å². The van der Waals surface area contributed by atoms with Gasteiger partial charge in [0.25, 0.3) is 5.91 Å². The molecule has 3 aromatic rings. The van der Waals surface area contributed by atoms with Crippen molar-refractivity contribution in [3.05, 3.63) is 47.0 Å². The van der Waals surface area contributed by atoms with Crippen LogP contribution in [0, 0.1) is 13.8 Å². The van der Waals surface area contributed by atoms with Crippen LogP contribution in [-0.4, -0.2) is 55.2 Å². The number of aryl methyl sites for hydroxylation is 2. The van der Waals surface area contributed by atoms with E-state index >= 15 is 0 Å². The van der Waals surface area contributed by atoms with Gasteiger partial charge in [-0.3, -0.25) is 9.69 Å². The molecule has 0 fully saturated rings. The van der Waals surface area contributed by atoms with Crippen LogP contribution in [0.25, 0.3) is 10.2 Å². The summed E-state index contributed by atoms with van der Waals surface area (Å²) in [5, 5.41) is 0.704. The number of benzene rings is 2. The molecular weight excluding hydrogens is 410 g/mol. The van der Waals surface area contributed by atoms with E-state index in [1.54, 1.807) is 0 Å². The maximum atomic E-state index is 13.7. The van der Waals surface area contributed by atoms with Gasteiger partial charge in [0.05, 0.1) is 10.2 Å². The molecule has 0 radical (unpaired) electrons. The highest BCUT2D eigenvalue weighted by atomic mass is 32.1. The van der Waals surface area contributed by atoms with Crippen LogP contribution in [-0.2, 0) is 0 Å². The topological polar surface area (TPSA) is 54.9 Å². The molecule has 7 heteroatoms. The molecule has 31 heavy (non-hydrogen) atoms. The summed E-state index contributed by atoms with van der Waals surface area (Å²) in [6.45, 7) is 12.6. The van der Waals surface area contributed by atoms with Gasteiger partial charge in [-0.05, 0) is 38.6 Å². The number of amides is 1. The van der Waals surface area contributed by atoms with Gasteiger partial charge in [-0.25, -0.2) is 4.98 Å². The van der Waals surface area contributed by atoms with Crippen molar-refractivity contribution >= 4 is 32.6 Å². The van der Waals surface area contributed by atoms with E-state index in [0.29, 0.717) is 30.6 Å². The van der Waals surface area contributed by atoms with Crippen molar-refractivity contribution in [2.45, 2.75) is 27.7 Å². The molecule has 0 aliphatic carbocycles. The van der Waals surface area contributed by atoms with Crippen molar-refractivity contribution in [3.8, 4) is 11.5 Å². The third-order valence-electron chi connectivity index (χ3n) is 5.67. The molecule has 1 amide bonds. The van der Waals surface area contributed by atoms with Crippen molar-refractivity contribution in [1.29, 1.82) is 0 Å². The Morgan fingerprint density at radius 3 is 2.45 bits per heavy atom. The SMILES string of the molecule is CCN(CC)CCN(C(=O)c1cc(C)ccc1C)c1nc2cc3c(cc2s1)OCCO3. The van der Waals surface area contributed by atoms with E-state index in [-0.39, 0.29) is 5.91 Å². The van der Waals surface area contributed by atoms with E-state index in [2.05, 4.69) is 18.7 Å². The van der Waals surface area contributed by atoms with E-state index in [4.69, 9.17) is 14.5 Å². The van der Waals surface area contributed by atoms with Crippen molar-refractivity contribution in [2.24, 2.45) is 0 Å². The summed E-state index contributed by atoms with van der Waals surface area (Å²) in [6, 6.07) is 9.89. The predicted molar refractivity (Wildman–Crippen MR) is 126 cm³/mol. The fourth-order valence-electron chi connectivity index (χ4n) is 3.75. The van der Waals surface area contributed by atoms with Gasteiger partial charge in [-0.15, -0.1) is 0 Å². The Hall–Kier alpha value is -2.64. The molecule has 0 saturated carbocycles. The quantitative estimate of drug-likeness (QED) is 0.535. The molecule has 0 unspecified atom stereocenters. The van der Waals surface area contributed by atoms with Crippen LogP contribution in [0.4, 0.5) is 5.13 Å². The van der Waals surface area contributed by atoms with Gasteiger partial charge in [-0.1, -0.05) is 42.9 Å². The Morgan fingerprint density at radius 1 is 1.03 bits per heavy atom. The zero-order valence-electron chi connectivity index (χ0n) is 18.6. The van der Waals surface area contributed by atoms with Crippen LogP contribution in [0.2, 0.25) is 0 Å². The average Bonchev–Trinajstić information content (AvgIpc) is 3.18. The second kappa shape index (κ2) is 9.24. The molecule has 1 aliphatic rings. The Bertz CT molecular complexity index is 1050. The van der Waals surface area contributed by atoms with Gasteiger partial charge in [0.1, 0.15) is 13.2 Å². The lowest BCUT2D eigenvalue weighted by Gasteiger charge is -2.25. The number of hydrogen-bond donors (Lipinski definition) is 0. The number of carbonyl (C=O) groups is 1. The highest BCUT2D eigenvalue weighted by Crippen LogP contribution is 2.39. The first-order valence-electron chi connectivity index (χ1n) is 10.8. The maximum absolute atomic E-state index is 13.7. The van der Waals surface area contributed by atoms with Gasteiger partial charge in [0.2, 0.25) is 0 Å². The average molecular weight is 440 g/mol. The van der Waals surface area contributed by atoms with Gasteiger partial charge >= 0.3 is 0 Å². The second-order valence-electron chi connectivity index (χ2n) is 7.76. The van der Waals surface area contributed by atoms with Gasteiger partial charge in [-0.2, -0.15) is 0 Å². The molecule has 0 bridgehead atoms. The molecule has 0 atom stereocenters. The lowest BCUT2D eigenvalue weighted by Crippen LogP contribution is -2.39. The number of thiazole rings is 1. The first kappa shape index (κ1) is 21.6. The lowest BCUT2D eigenvalue weighted by molar-refractivity contribution is 0.0983. The van der Waals surface area contributed by atoms with E-state index in [1.165, 1.54) is 11.3 Å². The summed E-state index contributed by atoms with van der Waals surface area (Å²) in [5.74, 6) is 1.44. The van der Waals surface area contributed by atoms with E-state index < -0.39 is 0 Å². The minimum absolute atomic E-state index is 0.00956. The predicted octanol–water partition coefficient (Wildman–Crippen LogP) is 4.67. The number of aromatic nitrogens is 1. The molecule has 2 aromatic carbocycles. The fourth-order valence-corrected chi connectivity index (χ4v) is 4.75. The van der Waals surface area contributed by atoms with Crippen LogP contribution < -0.4 is 14.4 Å².